The number of esters is 1. The van der Waals surface area contributed by atoms with Crippen LogP contribution in [-0.4, -0.2) is 29.2 Å². The molecule has 0 radical (unpaired) electrons. The molecule has 0 bridgehead atoms. The largest absolute Gasteiger partial charge is 0.462 e. The predicted octanol–water partition coefficient (Wildman–Crippen LogP) is 0.772. The van der Waals surface area contributed by atoms with Crippen molar-refractivity contribution in [2.24, 2.45) is 0 Å². The van der Waals surface area contributed by atoms with Gasteiger partial charge in [0.05, 0.1) is 6.61 Å². The van der Waals surface area contributed by atoms with E-state index >= 15 is 0 Å². The molecule has 2 N–H and O–H groups in total. The summed E-state index contributed by atoms with van der Waals surface area (Å²) in [5.41, 5.74) is 5.80. The van der Waals surface area contributed by atoms with Crippen LogP contribution in [-0.2, 0) is 16.1 Å². The zero-order chi connectivity index (χ0) is 12.0. The van der Waals surface area contributed by atoms with E-state index in [2.05, 4.69) is 9.97 Å². The van der Waals surface area contributed by atoms with Crippen LogP contribution in [0.3, 0.4) is 0 Å². The molecule has 0 aliphatic heterocycles. The van der Waals surface area contributed by atoms with Crippen molar-refractivity contribution in [2.45, 2.75) is 20.5 Å². The molecule has 1 heterocycles. The Labute approximate surface area is 93.8 Å². The highest BCUT2D eigenvalue weighted by atomic mass is 16.5. The van der Waals surface area contributed by atoms with E-state index < -0.39 is 5.97 Å². The number of hydrogen-bond acceptors (Lipinski definition) is 6. The summed E-state index contributed by atoms with van der Waals surface area (Å²) in [6.45, 7) is 4.74. The van der Waals surface area contributed by atoms with Gasteiger partial charge in [-0.2, -0.15) is 0 Å². The van der Waals surface area contributed by atoms with Crippen molar-refractivity contribution in [2.75, 3.05) is 18.9 Å². The van der Waals surface area contributed by atoms with Crippen LogP contribution in [0.25, 0.3) is 0 Å². The van der Waals surface area contributed by atoms with Crippen molar-refractivity contribution in [1.82, 2.24) is 9.97 Å². The molecule has 0 aliphatic rings. The summed E-state index contributed by atoms with van der Waals surface area (Å²) in [6.07, 6.45) is 1.36. The average molecular weight is 225 g/mol. The molecule has 6 heteroatoms. The topological polar surface area (TPSA) is 87.3 Å². The summed E-state index contributed by atoms with van der Waals surface area (Å²) in [5.74, 6) is 0.0542. The quantitative estimate of drug-likeness (QED) is 0.745. The van der Waals surface area contributed by atoms with E-state index in [1.54, 1.807) is 6.92 Å². The maximum atomic E-state index is 11.4. The molecule has 0 amide bonds. The van der Waals surface area contributed by atoms with Crippen LogP contribution >= 0.6 is 0 Å². The Morgan fingerprint density at radius 2 is 2.19 bits per heavy atom. The number of rotatable bonds is 5. The highest BCUT2D eigenvalue weighted by molar-refractivity contribution is 5.93. The number of aromatic nitrogens is 2. The lowest BCUT2D eigenvalue weighted by atomic mass is 10.3. The van der Waals surface area contributed by atoms with Crippen molar-refractivity contribution >= 4 is 11.8 Å². The van der Waals surface area contributed by atoms with E-state index in [9.17, 15) is 4.79 Å². The van der Waals surface area contributed by atoms with Crippen molar-refractivity contribution in [3.63, 3.8) is 0 Å². The van der Waals surface area contributed by atoms with E-state index in [4.69, 9.17) is 15.2 Å². The van der Waals surface area contributed by atoms with Gasteiger partial charge < -0.3 is 15.2 Å². The van der Waals surface area contributed by atoms with Gasteiger partial charge in [-0.25, -0.2) is 14.8 Å². The molecule has 0 fully saturated rings. The van der Waals surface area contributed by atoms with Gasteiger partial charge in [-0.3, -0.25) is 0 Å². The van der Waals surface area contributed by atoms with Gasteiger partial charge in [0.2, 0.25) is 0 Å². The Kier molecular flexibility index (Phi) is 4.65. The average Bonchev–Trinajstić information content (AvgIpc) is 2.26. The first-order valence-electron chi connectivity index (χ1n) is 5.05. The Morgan fingerprint density at radius 1 is 1.44 bits per heavy atom. The van der Waals surface area contributed by atoms with E-state index in [1.807, 2.05) is 6.92 Å². The minimum atomic E-state index is -0.511. The summed E-state index contributed by atoms with van der Waals surface area (Å²) in [4.78, 5) is 19.3. The number of hydrogen-bond donors (Lipinski definition) is 1. The van der Waals surface area contributed by atoms with E-state index in [-0.39, 0.29) is 18.0 Å². The molecule has 1 aromatic rings. The third kappa shape index (κ3) is 3.16. The second-order valence-corrected chi connectivity index (χ2v) is 2.94. The molecule has 16 heavy (non-hydrogen) atoms. The van der Waals surface area contributed by atoms with Crippen LogP contribution in [0.1, 0.15) is 30.0 Å². The van der Waals surface area contributed by atoms with E-state index in [0.29, 0.717) is 19.0 Å². The lowest BCUT2D eigenvalue weighted by molar-refractivity contribution is 0.0526. The zero-order valence-electron chi connectivity index (χ0n) is 9.40. The predicted molar refractivity (Wildman–Crippen MR) is 57.7 cm³/mol. The number of nitrogens with zero attached hydrogens (tertiary/aromatic N) is 2. The molecule has 88 valence electrons. The van der Waals surface area contributed by atoms with Crippen LogP contribution in [0.15, 0.2) is 6.20 Å². The molecular formula is C10H15N3O3. The minimum Gasteiger partial charge on any atom is -0.462 e. The maximum Gasteiger partial charge on any atom is 0.343 e. The zero-order valence-corrected chi connectivity index (χ0v) is 9.40. The number of anilines is 1. The summed E-state index contributed by atoms with van der Waals surface area (Å²) in [7, 11) is 0. The monoisotopic (exact) mass is 225 g/mol. The second kappa shape index (κ2) is 6.02. The van der Waals surface area contributed by atoms with Crippen molar-refractivity contribution in [1.29, 1.82) is 0 Å². The van der Waals surface area contributed by atoms with Gasteiger partial charge in [0.1, 0.15) is 18.0 Å². The van der Waals surface area contributed by atoms with Gasteiger partial charge in [0.15, 0.2) is 5.82 Å². The van der Waals surface area contributed by atoms with Crippen LogP contribution in [0.5, 0.6) is 0 Å². The van der Waals surface area contributed by atoms with E-state index in [0.717, 1.165) is 0 Å². The molecule has 6 nitrogen and oxygen atoms in total. The van der Waals surface area contributed by atoms with Crippen molar-refractivity contribution in [3.05, 3.63) is 17.6 Å². The van der Waals surface area contributed by atoms with Gasteiger partial charge >= 0.3 is 5.97 Å². The van der Waals surface area contributed by atoms with E-state index in [1.165, 1.54) is 6.20 Å². The highest BCUT2D eigenvalue weighted by Crippen LogP contribution is 2.09. The number of nitrogen functional groups attached to an aromatic ring is 1. The standard InChI is InChI=1S/C10H15N3O3/c1-3-15-6-8-12-5-7(9(11)13-8)10(14)16-4-2/h5H,3-4,6H2,1-2H3,(H2,11,12,13). The number of ether oxygens (including phenoxy) is 2. The van der Waals surface area contributed by atoms with Crippen molar-refractivity contribution in [3.8, 4) is 0 Å². The first-order chi connectivity index (χ1) is 7.69. The fourth-order valence-electron chi connectivity index (χ4n) is 1.06. The third-order valence-electron chi connectivity index (χ3n) is 1.80. The van der Waals surface area contributed by atoms with Crippen molar-refractivity contribution < 1.29 is 14.3 Å². The Balaban J connectivity index is 2.78. The molecule has 1 aromatic heterocycles. The van der Waals surface area contributed by atoms with Crippen LogP contribution in [0.4, 0.5) is 5.82 Å². The summed E-state index contributed by atoms with van der Waals surface area (Å²) >= 11 is 0. The summed E-state index contributed by atoms with van der Waals surface area (Å²) in [6, 6.07) is 0. The molecule has 1 rings (SSSR count). The van der Waals surface area contributed by atoms with Crippen LogP contribution < -0.4 is 5.73 Å². The number of carbonyl (C=O) groups is 1. The second-order valence-electron chi connectivity index (χ2n) is 2.94. The first-order valence-corrected chi connectivity index (χ1v) is 5.05. The minimum absolute atomic E-state index is 0.114. The third-order valence-corrected chi connectivity index (χ3v) is 1.80. The maximum absolute atomic E-state index is 11.4. The first kappa shape index (κ1) is 12.4. The van der Waals surface area contributed by atoms with Crippen LogP contribution in [0, 0.1) is 0 Å². The molecule has 0 saturated heterocycles. The van der Waals surface area contributed by atoms with Crippen LogP contribution in [0.2, 0.25) is 0 Å². The number of carbonyl (C=O) groups excluding carboxylic acids is 1. The molecule has 0 unspecified atom stereocenters. The SMILES string of the molecule is CCOCc1ncc(C(=O)OCC)c(N)n1. The molecule has 0 aliphatic carbocycles. The van der Waals surface area contributed by atoms with Gasteiger partial charge in [-0.05, 0) is 13.8 Å². The lowest BCUT2D eigenvalue weighted by Gasteiger charge is -2.05. The lowest BCUT2D eigenvalue weighted by Crippen LogP contribution is -2.12. The Bertz CT molecular complexity index is 368. The fourth-order valence-corrected chi connectivity index (χ4v) is 1.06. The number of nitrogens with two attached hydrogens (primary N) is 1. The molecule has 0 spiro atoms. The van der Waals surface area contributed by atoms with Gasteiger partial charge in [0.25, 0.3) is 0 Å². The Morgan fingerprint density at radius 3 is 2.75 bits per heavy atom. The van der Waals surface area contributed by atoms with Gasteiger partial charge in [-0.15, -0.1) is 0 Å². The molecule has 0 aromatic carbocycles. The smallest absolute Gasteiger partial charge is 0.343 e. The normalized spacial score (nSPS) is 10.1. The van der Waals surface area contributed by atoms with Gasteiger partial charge in [-0.1, -0.05) is 0 Å². The highest BCUT2D eigenvalue weighted by Gasteiger charge is 2.13. The Hall–Kier alpha value is -1.69. The summed E-state index contributed by atoms with van der Waals surface area (Å²) in [5, 5.41) is 0. The molecular weight excluding hydrogens is 210 g/mol. The molecule has 0 atom stereocenters. The van der Waals surface area contributed by atoms with Gasteiger partial charge in [0, 0.05) is 12.8 Å². The molecule has 0 saturated carbocycles. The summed E-state index contributed by atoms with van der Waals surface area (Å²) < 4.78 is 9.93. The fraction of sp³-hybridized carbons (Fsp3) is 0.500.